The monoisotopic (exact) mass is 717 g/mol. The molecule has 27 heavy (non-hydrogen) atoms. The van der Waals surface area contributed by atoms with Crippen LogP contribution in [-0.2, 0) is 28.9 Å². The highest BCUT2D eigenvalue weighted by Gasteiger charge is 2.33. The number of benzene rings is 1. The van der Waals surface area contributed by atoms with Gasteiger partial charge < -0.3 is 0 Å². The molecular formula is C15H18I3N3O6. The summed E-state index contributed by atoms with van der Waals surface area (Å²) in [5, 5.41) is 3.23. The van der Waals surface area contributed by atoms with Gasteiger partial charge in [-0.25, -0.2) is 0 Å². The molecule has 9 nitrogen and oxygen atoms in total. The minimum absolute atomic E-state index is 0.364. The van der Waals surface area contributed by atoms with Crippen LogP contribution in [0.2, 0.25) is 0 Å². The van der Waals surface area contributed by atoms with Crippen LogP contribution in [0.3, 0.4) is 0 Å². The van der Waals surface area contributed by atoms with Crippen molar-refractivity contribution >= 4 is 103 Å². The van der Waals surface area contributed by atoms with Gasteiger partial charge in [-0.2, -0.15) is 15.2 Å². The van der Waals surface area contributed by atoms with Crippen LogP contribution in [0.25, 0.3) is 0 Å². The third-order valence-electron chi connectivity index (χ3n) is 3.26. The summed E-state index contributed by atoms with van der Waals surface area (Å²) >= 11 is 6.01. The largest absolute Gasteiger partial charge is 0.273 e. The van der Waals surface area contributed by atoms with Crippen LogP contribution >= 0.6 is 67.8 Å². The second-order valence-corrected chi connectivity index (χ2v) is 8.21. The van der Waals surface area contributed by atoms with Crippen molar-refractivity contribution in [3.63, 3.8) is 0 Å². The molecule has 0 aliphatic heterocycles. The maximum absolute atomic E-state index is 12.1. The predicted octanol–water partition coefficient (Wildman–Crippen LogP) is 3.24. The third kappa shape index (κ3) is 5.01. The number of nitrogens with zero attached hydrogens (tertiary/aromatic N) is 3. The zero-order valence-electron chi connectivity index (χ0n) is 15.4. The average Bonchev–Trinajstić information content (AvgIpc) is 2.57. The van der Waals surface area contributed by atoms with Gasteiger partial charge in [-0.1, -0.05) is 0 Å². The highest BCUT2D eigenvalue weighted by atomic mass is 127. The van der Waals surface area contributed by atoms with Crippen LogP contribution in [0.15, 0.2) is 0 Å². The van der Waals surface area contributed by atoms with Crippen LogP contribution < -0.4 is 15.2 Å². The van der Waals surface area contributed by atoms with Gasteiger partial charge in [-0.3, -0.25) is 28.9 Å². The van der Waals surface area contributed by atoms with Crippen molar-refractivity contribution in [2.75, 3.05) is 36.5 Å². The molecule has 0 heterocycles. The van der Waals surface area contributed by atoms with E-state index in [9.17, 15) is 14.4 Å². The molecule has 0 radical (unpaired) electrons. The summed E-state index contributed by atoms with van der Waals surface area (Å²) < 4.78 is 1.58. The van der Waals surface area contributed by atoms with E-state index in [1.807, 2.05) is 67.8 Å². The van der Waals surface area contributed by atoms with Gasteiger partial charge in [0.15, 0.2) is 0 Å². The van der Waals surface area contributed by atoms with Gasteiger partial charge >= 0.3 is 0 Å². The quantitative estimate of drug-likeness (QED) is 0.332. The Morgan fingerprint density at radius 2 is 0.778 bits per heavy atom. The van der Waals surface area contributed by atoms with Crippen LogP contribution in [-0.4, -0.2) is 39.1 Å². The Bertz CT molecular complexity index is 653. The summed E-state index contributed by atoms with van der Waals surface area (Å²) in [4.78, 5) is 52.0. The highest BCUT2D eigenvalue weighted by molar-refractivity contribution is 14.1. The first-order valence-corrected chi connectivity index (χ1v) is 10.5. The van der Waals surface area contributed by atoms with E-state index in [4.69, 9.17) is 14.5 Å². The van der Waals surface area contributed by atoms with Gasteiger partial charge in [0.25, 0.3) is 0 Å². The Hall–Kier alpha value is -0.300. The molecular weight excluding hydrogens is 699 g/mol. The van der Waals surface area contributed by atoms with Crippen LogP contribution in [0.5, 0.6) is 0 Å². The second kappa shape index (κ2) is 10.5. The molecule has 0 atom stereocenters. The summed E-state index contributed by atoms with van der Waals surface area (Å²) in [7, 11) is 4.05. The van der Waals surface area contributed by atoms with Crippen LogP contribution in [0.4, 0.5) is 17.1 Å². The number of halogens is 3. The lowest BCUT2D eigenvalue weighted by atomic mass is 10.2. The molecule has 1 aromatic carbocycles. The Morgan fingerprint density at radius 3 is 0.889 bits per heavy atom. The van der Waals surface area contributed by atoms with Gasteiger partial charge in [0, 0.05) is 20.8 Å². The van der Waals surface area contributed by atoms with Crippen LogP contribution in [0, 0.1) is 10.7 Å². The number of hydrogen-bond donors (Lipinski definition) is 0. The van der Waals surface area contributed by atoms with E-state index in [1.165, 1.54) is 42.1 Å². The van der Waals surface area contributed by atoms with Gasteiger partial charge in [-0.15, -0.1) is 0 Å². The summed E-state index contributed by atoms with van der Waals surface area (Å²) in [6.07, 6.45) is 0. The molecule has 0 fully saturated rings. The zero-order valence-corrected chi connectivity index (χ0v) is 21.9. The lowest BCUT2D eigenvalue weighted by Crippen LogP contribution is -2.35. The first-order chi connectivity index (χ1) is 12.5. The van der Waals surface area contributed by atoms with E-state index in [2.05, 4.69) is 0 Å². The van der Waals surface area contributed by atoms with E-state index in [-0.39, 0.29) is 17.7 Å². The first kappa shape index (κ1) is 24.7. The molecule has 12 heteroatoms. The number of hydroxylamine groups is 3. The maximum atomic E-state index is 12.1. The van der Waals surface area contributed by atoms with E-state index < -0.39 is 0 Å². The normalized spacial score (nSPS) is 10.6. The van der Waals surface area contributed by atoms with Crippen molar-refractivity contribution < 1.29 is 28.9 Å². The van der Waals surface area contributed by atoms with Gasteiger partial charge in [-0.05, 0) is 67.8 Å². The molecule has 1 aromatic rings. The molecule has 0 saturated heterocycles. The summed E-state index contributed by atoms with van der Waals surface area (Å²) in [6.45, 7) is 4.02. The number of anilines is 3. The lowest BCUT2D eigenvalue weighted by molar-refractivity contribution is -0.123. The fourth-order valence-electron chi connectivity index (χ4n) is 2.29. The standard InChI is InChI=1S/C15H18I3N3O6/c1-7(22)19(25-4)13-10(16)14(20(26-5)8(2)23)12(18)15(11(13)17)21(27-6)9(3)24/h1-6H3. The smallest absolute Gasteiger partial charge is 0.247 e. The second-order valence-electron chi connectivity index (χ2n) is 4.98. The molecule has 150 valence electrons. The van der Waals surface area contributed by atoms with E-state index in [0.717, 1.165) is 15.2 Å². The van der Waals surface area contributed by atoms with E-state index in [0.29, 0.717) is 27.8 Å². The minimum Gasteiger partial charge on any atom is -0.273 e. The van der Waals surface area contributed by atoms with Crippen molar-refractivity contribution in [1.82, 2.24) is 0 Å². The van der Waals surface area contributed by atoms with Crippen molar-refractivity contribution in [2.45, 2.75) is 20.8 Å². The topological polar surface area (TPSA) is 88.6 Å². The Morgan fingerprint density at radius 1 is 0.593 bits per heavy atom. The Labute approximate surface area is 197 Å². The maximum Gasteiger partial charge on any atom is 0.247 e. The fraction of sp³-hybridized carbons (Fsp3) is 0.400. The number of carbonyl (C=O) groups excluding carboxylic acids is 3. The predicted molar refractivity (Wildman–Crippen MR) is 125 cm³/mol. The fourth-order valence-corrected chi connectivity index (χ4v) is 6.77. The average molecular weight is 717 g/mol. The molecule has 0 unspecified atom stereocenters. The molecule has 0 bridgehead atoms. The van der Waals surface area contributed by atoms with Gasteiger partial charge in [0.05, 0.1) is 32.0 Å². The summed E-state index contributed by atoms with van der Waals surface area (Å²) in [5.74, 6) is -1.15. The highest BCUT2D eigenvalue weighted by Crippen LogP contribution is 2.46. The zero-order chi connectivity index (χ0) is 21.0. The van der Waals surface area contributed by atoms with E-state index in [1.54, 1.807) is 0 Å². The molecule has 0 spiro atoms. The molecule has 0 N–H and O–H groups in total. The SMILES string of the molecule is CON(C(C)=O)c1c(I)c(N(OC)C(C)=O)c(I)c(N(OC)C(C)=O)c1I. The third-order valence-corrected chi connectivity index (χ3v) is 6.33. The van der Waals surface area contributed by atoms with Gasteiger partial charge in [0.2, 0.25) is 17.7 Å². The number of carbonyl (C=O) groups is 3. The van der Waals surface area contributed by atoms with Crippen LogP contribution in [0.1, 0.15) is 20.8 Å². The lowest BCUT2D eigenvalue weighted by Gasteiger charge is -2.31. The summed E-state index contributed by atoms with van der Waals surface area (Å²) in [5.41, 5.74) is 1.09. The van der Waals surface area contributed by atoms with Crippen molar-refractivity contribution in [3.8, 4) is 0 Å². The Kier molecular flexibility index (Phi) is 9.59. The van der Waals surface area contributed by atoms with Crippen molar-refractivity contribution in [3.05, 3.63) is 10.7 Å². The molecule has 0 aromatic heterocycles. The molecule has 3 amide bonds. The van der Waals surface area contributed by atoms with E-state index >= 15 is 0 Å². The Balaban J connectivity index is 4.08. The molecule has 1 rings (SSSR count). The minimum atomic E-state index is -0.384. The molecule has 0 aliphatic rings. The van der Waals surface area contributed by atoms with Crippen molar-refractivity contribution in [2.24, 2.45) is 0 Å². The number of hydrogen-bond acceptors (Lipinski definition) is 6. The summed E-state index contributed by atoms with van der Waals surface area (Å²) in [6, 6.07) is 0. The number of amides is 3. The molecule has 0 saturated carbocycles. The molecule has 0 aliphatic carbocycles. The first-order valence-electron chi connectivity index (χ1n) is 7.29. The van der Waals surface area contributed by atoms with Gasteiger partial charge in [0.1, 0.15) is 17.1 Å². The van der Waals surface area contributed by atoms with Crippen molar-refractivity contribution in [1.29, 1.82) is 0 Å². The number of rotatable bonds is 6.